The summed E-state index contributed by atoms with van der Waals surface area (Å²) in [5.41, 5.74) is 2.15. The molecule has 2 rings (SSSR count). The Kier molecular flexibility index (Phi) is 4.75. The Morgan fingerprint density at radius 1 is 1.33 bits per heavy atom. The van der Waals surface area contributed by atoms with Crippen LogP contribution in [0.15, 0.2) is 36.4 Å². The molecule has 0 fully saturated rings. The predicted octanol–water partition coefficient (Wildman–Crippen LogP) is 1.93. The van der Waals surface area contributed by atoms with Gasteiger partial charge >= 0.3 is 0 Å². The summed E-state index contributed by atoms with van der Waals surface area (Å²) in [6, 6.07) is 11.4. The van der Waals surface area contributed by atoms with Crippen LogP contribution in [0.2, 0.25) is 0 Å². The van der Waals surface area contributed by atoms with E-state index in [1.807, 2.05) is 51.1 Å². The van der Waals surface area contributed by atoms with Crippen LogP contribution in [-0.2, 0) is 0 Å². The van der Waals surface area contributed by atoms with Crippen molar-refractivity contribution in [3.63, 3.8) is 0 Å². The molecule has 1 unspecified atom stereocenters. The number of hydrogen-bond acceptors (Lipinski definition) is 3. The molecule has 21 heavy (non-hydrogen) atoms. The Balaban J connectivity index is 2.10. The van der Waals surface area contributed by atoms with Crippen LogP contribution in [0.25, 0.3) is 5.69 Å². The lowest BCUT2D eigenvalue weighted by molar-refractivity contribution is 0.0866. The maximum atomic E-state index is 12.1. The summed E-state index contributed by atoms with van der Waals surface area (Å²) in [7, 11) is 0. The van der Waals surface area contributed by atoms with Crippen LogP contribution < -0.4 is 5.32 Å². The lowest BCUT2D eigenvalue weighted by atomic mass is 10.1. The van der Waals surface area contributed by atoms with E-state index in [1.54, 1.807) is 10.7 Å². The van der Waals surface area contributed by atoms with Crippen LogP contribution >= 0.6 is 0 Å². The molecule has 0 radical (unpaired) electrons. The third-order valence-electron chi connectivity index (χ3n) is 3.36. The summed E-state index contributed by atoms with van der Waals surface area (Å²) in [4.78, 5) is 12.1. The second kappa shape index (κ2) is 6.54. The molecule has 1 amide bonds. The minimum Gasteiger partial charge on any atom is -0.391 e. The van der Waals surface area contributed by atoms with Crippen molar-refractivity contribution in [2.45, 2.75) is 26.9 Å². The van der Waals surface area contributed by atoms with Gasteiger partial charge in [0.05, 0.1) is 11.8 Å². The van der Waals surface area contributed by atoms with Crippen LogP contribution in [0.5, 0.6) is 0 Å². The first-order valence-electron chi connectivity index (χ1n) is 7.07. The van der Waals surface area contributed by atoms with Crippen LogP contribution in [0.1, 0.15) is 30.0 Å². The normalized spacial score (nSPS) is 12.4. The largest absolute Gasteiger partial charge is 0.391 e. The molecule has 0 aliphatic rings. The van der Waals surface area contributed by atoms with Crippen molar-refractivity contribution in [1.29, 1.82) is 0 Å². The van der Waals surface area contributed by atoms with Gasteiger partial charge in [-0.25, -0.2) is 4.68 Å². The molecule has 0 saturated heterocycles. The number of aliphatic hydroxyl groups excluding tert-OH is 1. The van der Waals surface area contributed by atoms with Gasteiger partial charge in [-0.05, 0) is 31.0 Å². The molecular weight excluding hydrogens is 266 g/mol. The van der Waals surface area contributed by atoms with Crippen molar-refractivity contribution in [2.75, 3.05) is 6.54 Å². The molecule has 0 saturated carbocycles. The molecule has 1 heterocycles. The predicted molar refractivity (Wildman–Crippen MR) is 81.5 cm³/mol. The standard InChI is InChI=1S/C16H21N3O2/c1-11(2)15(20)10-17-16(21)14-9-12(3)19(18-14)13-7-5-4-6-8-13/h4-9,11,15,20H,10H2,1-3H3,(H,17,21). The van der Waals surface area contributed by atoms with E-state index in [-0.39, 0.29) is 18.4 Å². The SMILES string of the molecule is Cc1cc(C(=O)NCC(O)C(C)C)nn1-c1ccccc1. The van der Waals surface area contributed by atoms with Crippen molar-refractivity contribution >= 4 is 5.91 Å². The Hall–Kier alpha value is -2.14. The monoisotopic (exact) mass is 287 g/mol. The second-order valence-electron chi connectivity index (χ2n) is 5.44. The zero-order valence-corrected chi connectivity index (χ0v) is 12.6. The number of nitrogens with one attached hydrogen (secondary N) is 1. The summed E-state index contributed by atoms with van der Waals surface area (Å²) < 4.78 is 1.73. The van der Waals surface area contributed by atoms with Crippen molar-refractivity contribution < 1.29 is 9.90 Å². The zero-order valence-electron chi connectivity index (χ0n) is 12.6. The Labute approximate surface area is 124 Å². The van der Waals surface area contributed by atoms with Gasteiger partial charge in [-0.3, -0.25) is 4.79 Å². The first kappa shape index (κ1) is 15.3. The Morgan fingerprint density at radius 2 is 2.00 bits per heavy atom. The number of carbonyl (C=O) groups excluding carboxylic acids is 1. The smallest absolute Gasteiger partial charge is 0.271 e. The van der Waals surface area contributed by atoms with E-state index in [2.05, 4.69) is 10.4 Å². The zero-order chi connectivity index (χ0) is 15.4. The Morgan fingerprint density at radius 3 is 2.62 bits per heavy atom. The summed E-state index contributed by atoms with van der Waals surface area (Å²) in [5.74, 6) is -0.165. The van der Waals surface area contributed by atoms with Crippen LogP contribution in [-0.4, -0.2) is 33.4 Å². The topological polar surface area (TPSA) is 67.2 Å². The second-order valence-corrected chi connectivity index (χ2v) is 5.44. The average molecular weight is 287 g/mol. The summed E-state index contributed by atoms with van der Waals surface area (Å²) in [5, 5.41) is 16.8. The minimum atomic E-state index is -0.550. The van der Waals surface area contributed by atoms with E-state index >= 15 is 0 Å². The van der Waals surface area contributed by atoms with E-state index in [9.17, 15) is 9.90 Å². The molecule has 1 aromatic carbocycles. The number of rotatable bonds is 5. The first-order chi connectivity index (χ1) is 9.99. The number of hydrogen-bond donors (Lipinski definition) is 2. The summed E-state index contributed by atoms with van der Waals surface area (Å²) in [6.45, 7) is 5.95. The van der Waals surface area contributed by atoms with Gasteiger partial charge in [-0.15, -0.1) is 0 Å². The third-order valence-corrected chi connectivity index (χ3v) is 3.36. The molecule has 0 spiro atoms. The number of amides is 1. The van der Waals surface area contributed by atoms with Gasteiger partial charge in [0.15, 0.2) is 5.69 Å². The highest BCUT2D eigenvalue weighted by Crippen LogP contribution is 2.11. The fourth-order valence-electron chi connectivity index (χ4n) is 1.94. The first-order valence-corrected chi connectivity index (χ1v) is 7.07. The van der Waals surface area contributed by atoms with E-state index in [4.69, 9.17) is 0 Å². The van der Waals surface area contributed by atoms with Crippen LogP contribution in [0.4, 0.5) is 0 Å². The van der Waals surface area contributed by atoms with E-state index < -0.39 is 6.10 Å². The third kappa shape index (κ3) is 3.70. The fourth-order valence-corrected chi connectivity index (χ4v) is 1.94. The number of benzene rings is 1. The maximum absolute atomic E-state index is 12.1. The van der Waals surface area contributed by atoms with Gasteiger partial charge in [0.25, 0.3) is 5.91 Å². The van der Waals surface area contributed by atoms with Gasteiger partial charge < -0.3 is 10.4 Å². The van der Waals surface area contributed by atoms with Crippen LogP contribution in [0, 0.1) is 12.8 Å². The van der Waals surface area contributed by atoms with Gasteiger partial charge in [0.1, 0.15) is 0 Å². The summed E-state index contributed by atoms with van der Waals surface area (Å²) in [6.07, 6.45) is -0.550. The van der Waals surface area contributed by atoms with Crippen molar-refractivity contribution in [3.8, 4) is 5.69 Å². The van der Waals surface area contributed by atoms with Crippen molar-refractivity contribution in [1.82, 2.24) is 15.1 Å². The molecular formula is C16H21N3O2. The molecule has 0 bridgehead atoms. The molecule has 5 heteroatoms. The molecule has 2 aromatic rings. The molecule has 0 aliphatic carbocycles. The maximum Gasteiger partial charge on any atom is 0.271 e. The van der Waals surface area contributed by atoms with Gasteiger partial charge in [0.2, 0.25) is 0 Å². The van der Waals surface area contributed by atoms with E-state index in [0.717, 1.165) is 11.4 Å². The summed E-state index contributed by atoms with van der Waals surface area (Å²) >= 11 is 0. The molecule has 2 N–H and O–H groups in total. The number of aromatic nitrogens is 2. The number of nitrogens with zero attached hydrogens (tertiary/aromatic N) is 2. The number of carbonyl (C=O) groups is 1. The lowest BCUT2D eigenvalue weighted by Crippen LogP contribution is -2.34. The van der Waals surface area contributed by atoms with E-state index in [1.165, 1.54) is 0 Å². The van der Waals surface area contributed by atoms with E-state index in [0.29, 0.717) is 5.69 Å². The fraction of sp³-hybridized carbons (Fsp3) is 0.375. The van der Waals surface area contributed by atoms with Gasteiger partial charge in [-0.2, -0.15) is 5.10 Å². The quantitative estimate of drug-likeness (QED) is 0.883. The van der Waals surface area contributed by atoms with Crippen molar-refractivity contribution in [2.24, 2.45) is 5.92 Å². The highest BCUT2D eigenvalue weighted by atomic mass is 16.3. The van der Waals surface area contributed by atoms with Gasteiger partial charge in [0, 0.05) is 12.2 Å². The molecule has 1 atom stereocenters. The number of aryl methyl sites for hydroxylation is 1. The highest BCUT2D eigenvalue weighted by molar-refractivity contribution is 5.92. The molecule has 112 valence electrons. The minimum absolute atomic E-state index is 0.105. The molecule has 1 aromatic heterocycles. The Bertz CT molecular complexity index is 605. The van der Waals surface area contributed by atoms with Gasteiger partial charge in [-0.1, -0.05) is 32.0 Å². The highest BCUT2D eigenvalue weighted by Gasteiger charge is 2.15. The number of aliphatic hydroxyl groups is 1. The average Bonchev–Trinajstić information content (AvgIpc) is 2.87. The number of para-hydroxylation sites is 1. The lowest BCUT2D eigenvalue weighted by Gasteiger charge is -2.14. The van der Waals surface area contributed by atoms with Crippen molar-refractivity contribution in [3.05, 3.63) is 47.8 Å². The van der Waals surface area contributed by atoms with Crippen LogP contribution in [0.3, 0.4) is 0 Å². The molecule has 5 nitrogen and oxygen atoms in total. The molecule has 0 aliphatic heterocycles.